The maximum Gasteiger partial charge on any atom is 0.173 e. The third kappa shape index (κ3) is 5.13. The highest BCUT2D eigenvalue weighted by molar-refractivity contribution is 5.81. The van der Waals surface area contributed by atoms with Crippen molar-refractivity contribution in [1.82, 2.24) is 0 Å². The molecule has 0 saturated heterocycles. The minimum absolute atomic E-state index is 0.0692. The van der Waals surface area contributed by atoms with Gasteiger partial charge in [-0.2, -0.15) is 0 Å². The van der Waals surface area contributed by atoms with Crippen molar-refractivity contribution in [1.29, 1.82) is 0 Å². The SMILES string of the molecule is C=C(Nc1ccc(F)c(C(=C)N(C)c2ccc(F)c(NC(=C)C(C)(C)F)c2F)c1)C1CC1(C)C. The lowest BCUT2D eigenvalue weighted by molar-refractivity contribution is 0.270. The predicted octanol–water partition coefficient (Wildman–Crippen LogP) is 7.86. The van der Waals surface area contributed by atoms with Gasteiger partial charge in [-0.15, -0.1) is 0 Å². The van der Waals surface area contributed by atoms with E-state index in [9.17, 15) is 13.2 Å². The molecule has 3 rings (SSSR count). The topological polar surface area (TPSA) is 27.3 Å². The van der Waals surface area contributed by atoms with Crippen LogP contribution >= 0.6 is 0 Å². The third-order valence-electron chi connectivity index (χ3n) is 6.35. The van der Waals surface area contributed by atoms with Crippen LogP contribution in [0.2, 0.25) is 0 Å². The maximum atomic E-state index is 15.3. The molecule has 1 saturated carbocycles. The van der Waals surface area contributed by atoms with E-state index in [2.05, 4.69) is 44.2 Å². The number of nitrogens with zero attached hydrogens (tertiary/aromatic N) is 1. The molecule has 2 aromatic carbocycles. The Hall–Kier alpha value is -3.22. The first kappa shape index (κ1) is 25.4. The molecule has 182 valence electrons. The van der Waals surface area contributed by atoms with Gasteiger partial charge in [-0.3, -0.25) is 0 Å². The van der Waals surface area contributed by atoms with Crippen LogP contribution in [-0.2, 0) is 0 Å². The van der Waals surface area contributed by atoms with Crippen LogP contribution in [0.15, 0.2) is 61.5 Å². The van der Waals surface area contributed by atoms with Crippen LogP contribution in [0.3, 0.4) is 0 Å². The monoisotopic (exact) mass is 473 g/mol. The molecule has 0 heterocycles. The number of anilines is 3. The van der Waals surface area contributed by atoms with Crippen molar-refractivity contribution in [2.24, 2.45) is 11.3 Å². The normalized spacial score (nSPS) is 16.6. The smallest absolute Gasteiger partial charge is 0.173 e. The Labute approximate surface area is 198 Å². The van der Waals surface area contributed by atoms with Crippen LogP contribution < -0.4 is 15.5 Å². The number of nitrogens with one attached hydrogen (secondary N) is 2. The van der Waals surface area contributed by atoms with Gasteiger partial charge in [0, 0.05) is 41.3 Å². The lowest BCUT2D eigenvalue weighted by Crippen LogP contribution is -2.23. The molecular formula is C27H31F4N3. The number of halogens is 4. The van der Waals surface area contributed by atoms with Gasteiger partial charge < -0.3 is 15.5 Å². The van der Waals surface area contributed by atoms with Gasteiger partial charge in [-0.1, -0.05) is 33.6 Å². The summed E-state index contributed by atoms with van der Waals surface area (Å²) in [6.07, 6.45) is 1.02. The van der Waals surface area contributed by atoms with Crippen molar-refractivity contribution in [3.63, 3.8) is 0 Å². The van der Waals surface area contributed by atoms with Crippen LogP contribution in [0, 0.1) is 28.8 Å². The van der Waals surface area contributed by atoms with E-state index < -0.39 is 28.8 Å². The van der Waals surface area contributed by atoms with Gasteiger partial charge in [-0.25, -0.2) is 17.6 Å². The number of alkyl halides is 1. The van der Waals surface area contributed by atoms with Crippen molar-refractivity contribution < 1.29 is 17.6 Å². The highest BCUT2D eigenvalue weighted by Gasteiger charge is 2.47. The van der Waals surface area contributed by atoms with Crippen molar-refractivity contribution in [2.75, 3.05) is 22.6 Å². The second-order valence-electron chi connectivity index (χ2n) is 9.93. The van der Waals surface area contributed by atoms with Gasteiger partial charge in [0.2, 0.25) is 0 Å². The fraction of sp³-hybridized carbons (Fsp3) is 0.333. The molecule has 0 spiro atoms. The molecule has 0 radical (unpaired) electrons. The van der Waals surface area contributed by atoms with Crippen LogP contribution in [0.25, 0.3) is 5.70 Å². The molecule has 1 aliphatic carbocycles. The van der Waals surface area contributed by atoms with Crippen molar-refractivity contribution >= 4 is 22.8 Å². The van der Waals surface area contributed by atoms with E-state index >= 15 is 4.39 Å². The summed E-state index contributed by atoms with van der Waals surface area (Å²) >= 11 is 0. The first-order chi connectivity index (χ1) is 15.6. The van der Waals surface area contributed by atoms with Crippen LogP contribution in [0.5, 0.6) is 0 Å². The highest BCUT2D eigenvalue weighted by Crippen LogP contribution is 2.55. The molecule has 0 bridgehead atoms. The summed E-state index contributed by atoms with van der Waals surface area (Å²) in [4.78, 5) is 1.31. The maximum absolute atomic E-state index is 15.3. The second kappa shape index (κ2) is 8.85. The minimum Gasteiger partial charge on any atom is -0.359 e. The molecule has 0 amide bonds. The van der Waals surface area contributed by atoms with Gasteiger partial charge >= 0.3 is 0 Å². The Balaban J connectivity index is 1.87. The summed E-state index contributed by atoms with van der Waals surface area (Å²) in [6.45, 7) is 18.3. The highest BCUT2D eigenvalue weighted by atomic mass is 19.1. The molecule has 1 fully saturated rings. The summed E-state index contributed by atoms with van der Waals surface area (Å²) in [7, 11) is 1.49. The molecule has 1 unspecified atom stereocenters. The van der Waals surface area contributed by atoms with E-state index in [0.717, 1.165) is 18.2 Å². The van der Waals surface area contributed by atoms with Gasteiger partial charge in [-0.05, 0) is 56.0 Å². The molecule has 0 aliphatic heterocycles. The first-order valence-corrected chi connectivity index (χ1v) is 10.9. The summed E-state index contributed by atoms with van der Waals surface area (Å²) in [5, 5.41) is 5.61. The number of allylic oxidation sites excluding steroid dienone is 2. The first-order valence-electron chi connectivity index (χ1n) is 10.9. The van der Waals surface area contributed by atoms with Crippen molar-refractivity contribution in [3.8, 4) is 0 Å². The van der Waals surface area contributed by atoms with Crippen LogP contribution in [0.4, 0.5) is 34.6 Å². The summed E-state index contributed by atoms with van der Waals surface area (Å²) in [5.41, 5.74) is -0.769. The lowest BCUT2D eigenvalue weighted by atomic mass is 10.1. The molecule has 0 aromatic heterocycles. The molecule has 1 atom stereocenters. The Morgan fingerprint density at radius 3 is 2.18 bits per heavy atom. The molecule has 1 aliphatic rings. The summed E-state index contributed by atoms with van der Waals surface area (Å²) < 4.78 is 58.5. The van der Waals surface area contributed by atoms with Gasteiger partial charge in [0.1, 0.15) is 23.0 Å². The van der Waals surface area contributed by atoms with E-state index in [1.54, 1.807) is 12.1 Å². The van der Waals surface area contributed by atoms with E-state index in [4.69, 9.17) is 0 Å². The quantitative estimate of drug-likeness (QED) is 0.363. The van der Waals surface area contributed by atoms with E-state index in [0.29, 0.717) is 11.6 Å². The standard InChI is InChI=1S/C27H31F4N3/c1-15(20-14-26(20,4)5)32-18-9-10-21(28)19(13-18)16(2)34(8)23-12-11-22(29)25(24(23)30)33-17(3)27(6,7)31/h9-13,20,32-33H,1-3,14H2,4-8H3. The van der Waals surface area contributed by atoms with Crippen molar-refractivity contribution in [3.05, 3.63) is 84.5 Å². The molecule has 7 heteroatoms. The molecule has 3 nitrogen and oxygen atoms in total. The Bertz CT molecular complexity index is 1160. The van der Waals surface area contributed by atoms with E-state index in [1.165, 1.54) is 37.9 Å². The van der Waals surface area contributed by atoms with Gasteiger partial charge in [0.05, 0.1) is 5.69 Å². The average molecular weight is 474 g/mol. The Kier molecular flexibility index (Phi) is 6.62. The van der Waals surface area contributed by atoms with E-state index in [-0.39, 0.29) is 28.1 Å². The summed E-state index contributed by atoms with van der Waals surface area (Å²) in [5.74, 6) is -2.11. The van der Waals surface area contributed by atoms with Gasteiger partial charge in [0.25, 0.3) is 0 Å². The average Bonchev–Trinajstić information content (AvgIpc) is 3.39. The lowest BCUT2D eigenvalue weighted by Gasteiger charge is -2.26. The van der Waals surface area contributed by atoms with Crippen LogP contribution in [-0.4, -0.2) is 12.7 Å². The third-order valence-corrected chi connectivity index (χ3v) is 6.35. The number of rotatable bonds is 9. The number of benzene rings is 2. The second-order valence-corrected chi connectivity index (χ2v) is 9.93. The number of hydrogen-bond donors (Lipinski definition) is 2. The molecular weight excluding hydrogens is 442 g/mol. The fourth-order valence-corrected chi connectivity index (χ4v) is 3.70. The fourth-order valence-electron chi connectivity index (χ4n) is 3.70. The zero-order valence-electron chi connectivity index (χ0n) is 20.3. The zero-order valence-corrected chi connectivity index (χ0v) is 20.3. The number of hydrogen-bond acceptors (Lipinski definition) is 3. The minimum atomic E-state index is -1.90. The van der Waals surface area contributed by atoms with Gasteiger partial charge in [0.15, 0.2) is 5.82 Å². The van der Waals surface area contributed by atoms with E-state index in [1.807, 2.05) is 0 Å². The van der Waals surface area contributed by atoms with Crippen molar-refractivity contribution in [2.45, 2.75) is 39.8 Å². The Morgan fingerprint density at radius 2 is 1.62 bits per heavy atom. The largest absolute Gasteiger partial charge is 0.359 e. The zero-order chi connectivity index (χ0) is 25.6. The Morgan fingerprint density at radius 1 is 1.03 bits per heavy atom. The molecule has 34 heavy (non-hydrogen) atoms. The predicted molar refractivity (Wildman–Crippen MR) is 133 cm³/mol. The van der Waals surface area contributed by atoms with Crippen LogP contribution in [0.1, 0.15) is 39.7 Å². The molecule has 2 aromatic rings. The molecule has 2 N–H and O–H groups in total. The summed E-state index contributed by atoms with van der Waals surface area (Å²) in [6, 6.07) is 6.71.